The minimum atomic E-state index is -0.254. The molecule has 1 aromatic heterocycles. The largest absolute Gasteiger partial charge is 0.395 e. The quantitative estimate of drug-likeness (QED) is 0.824. The topological polar surface area (TPSA) is 69.2 Å². The third-order valence-electron chi connectivity index (χ3n) is 3.99. The van der Waals surface area contributed by atoms with Gasteiger partial charge in [0.15, 0.2) is 0 Å². The lowest BCUT2D eigenvalue weighted by molar-refractivity contribution is -0.133. The van der Waals surface area contributed by atoms with Crippen molar-refractivity contribution in [3.8, 4) is 0 Å². The van der Waals surface area contributed by atoms with Crippen LogP contribution in [0.25, 0.3) is 0 Å². The van der Waals surface area contributed by atoms with Crippen molar-refractivity contribution in [2.75, 3.05) is 13.2 Å². The zero-order valence-corrected chi connectivity index (χ0v) is 14.0. The van der Waals surface area contributed by atoms with Gasteiger partial charge in [-0.25, -0.2) is 4.98 Å². The van der Waals surface area contributed by atoms with E-state index in [1.165, 1.54) is 0 Å². The highest BCUT2D eigenvalue weighted by atomic mass is 16.3. The van der Waals surface area contributed by atoms with Gasteiger partial charge in [-0.2, -0.15) is 0 Å². The van der Waals surface area contributed by atoms with E-state index in [1.807, 2.05) is 37.3 Å². The molecule has 124 valence electrons. The van der Waals surface area contributed by atoms with Crippen molar-refractivity contribution in [3.05, 3.63) is 53.6 Å². The fourth-order valence-electron chi connectivity index (χ4n) is 2.65. The zero-order chi connectivity index (χ0) is 16.9. The molecule has 0 aliphatic heterocycles. The lowest BCUT2D eigenvalue weighted by Gasteiger charge is -2.29. The summed E-state index contributed by atoms with van der Waals surface area (Å²) in [4.78, 5) is 21.7. The SMILES string of the molecule is Cc1ncc(CN(CCO)C(=O)CC(C)(C)c2ccccc2)[nH]1. The van der Waals surface area contributed by atoms with Gasteiger partial charge in [0.1, 0.15) is 5.82 Å². The number of H-pyrrole nitrogens is 1. The molecule has 1 amide bonds. The predicted octanol–water partition coefficient (Wildman–Crippen LogP) is 2.41. The lowest BCUT2D eigenvalue weighted by Crippen LogP contribution is -2.37. The molecule has 2 rings (SSSR count). The number of hydrogen-bond donors (Lipinski definition) is 2. The van der Waals surface area contributed by atoms with Gasteiger partial charge in [0.25, 0.3) is 0 Å². The summed E-state index contributed by atoms with van der Waals surface area (Å²) < 4.78 is 0. The van der Waals surface area contributed by atoms with Crippen molar-refractivity contribution in [1.29, 1.82) is 0 Å². The summed E-state index contributed by atoms with van der Waals surface area (Å²) >= 11 is 0. The number of nitrogens with one attached hydrogen (secondary N) is 1. The highest BCUT2D eigenvalue weighted by molar-refractivity contribution is 5.77. The average Bonchev–Trinajstić information content (AvgIpc) is 2.92. The maximum absolute atomic E-state index is 12.7. The first-order valence-electron chi connectivity index (χ1n) is 7.87. The molecule has 0 aliphatic rings. The first kappa shape index (κ1) is 17.2. The Kier molecular flexibility index (Phi) is 5.55. The van der Waals surface area contributed by atoms with Gasteiger partial charge in [-0.3, -0.25) is 4.79 Å². The van der Waals surface area contributed by atoms with Crippen LogP contribution in [0.2, 0.25) is 0 Å². The number of amides is 1. The first-order chi connectivity index (χ1) is 10.9. The highest BCUT2D eigenvalue weighted by Crippen LogP contribution is 2.27. The minimum Gasteiger partial charge on any atom is -0.395 e. The number of carbonyl (C=O) groups is 1. The van der Waals surface area contributed by atoms with Crippen LogP contribution < -0.4 is 0 Å². The van der Waals surface area contributed by atoms with Crippen LogP contribution in [0.3, 0.4) is 0 Å². The summed E-state index contributed by atoms with van der Waals surface area (Å²) in [7, 11) is 0. The summed E-state index contributed by atoms with van der Waals surface area (Å²) in [5.74, 6) is 0.848. The van der Waals surface area contributed by atoms with Crippen molar-refractivity contribution < 1.29 is 9.90 Å². The molecule has 0 aliphatic carbocycles. The van der Waals surface area contributed by atoms with E-state index in [-0.39, 0.29) is 17.9 Å². The number of aromatic amines is 1. The Labute approximate surface area is 137 Å². The molecule has 23 heavy (non-hydrogen) atoms. The van der Waals surface area contributed by atoms with Crippen LogP contribution in [0.15, 0.2) is 36.5 Å². The van der Waals surface area contributed by atoms with Crippen molar-refractivity contribution in [2.24, 2.45) is 0 Å². The lowest BCUT2D eigenvalue weighted by atomic mass is 9.81. The maximum atomic E-state index is 12.7. The van der Waals surface area contributed by atoms with Gasteiger partial charge < -0.3 is 15.0 Å². The van der Waals surface area contributed by atoms with E-state index in [9.17, 15) is 9.90 Å². The molecule has 0 radical (unpaired) electrons. The van der Waals surface area contributed by atoms with Crippen LogP contribution >= 0.6 is 0 Å². The van der Waals surface area contributed by atoms with Gasteiger partial charge in [0.05, 0.1) is 25.0 Å². The number of rotatable bonds is 7. The molecule has 5 nitrogen and oxygen atoms in total. The van der Waals surface area contributed by atoms with Crippen LogP contribution in [-0.4, -0.2) is 39.0 Å². The van der Waals surface area contributed by atoms with Crippen molar-refractivity contribution in [1.82, 2.24) is 14.9 Å². The molecule has 0 bridgehead atoms. The van der Waals surface area contributed by atoms with Gasteiger partial charge in [-0.15, -0.1) is 0 Å². The van der Waals surface area contributed by atoms with Crippen LogP contribution in [-0.2, 0) is 16.8 Å². The molecule has 5 heteroatoms. The summed E-state index contributed by atoms with van der Waals surface area (Å²) in [6.07, 6.45) is 2.12. The van der Waals surface area contributed by atoms with E-state index in [4.69, 9.17) is 0 Å². The molecular weight excluding hydrogens is 290 g/mol. The number of nitrogens with zero attached hydrogens (tertiary/aromatic N) is 2. The third kappa shape index (κ3) is 4.66. The van der Waals surface area contributed by atoms with E-state index in [1.54, 1.807) is 11.1 Å². The molecule has 2 N–H and O–H groups in total. The minimum absolute atomic E-state index is 0.0279. The first-order valence-corrected chi connectivity index (χ1v) is 7.87. The number of aliphatic hydroxyl groups excluding tert-OH is 1. The number of benzene rings is 1. The summed E-state index contributed by atoms with van der Waals surface area (Å²) in [5.41, 5.74) is 1.76. The summed E-state index contributed by atoms with van der Waals surface area (Å²) in [5, 5.41) is 9.26. The molecule has 0 spiro atoms. The molecule has 1 aromatic carbocycles. The Balaban J connectivity index is 2.08. The van der Waals surface area contributed by atoms with Crippen LogP contribution in [0.1, 0.15) is 37.4 Å². The Bertz CT molecular complexity index is 635. The second kappa shape index (κ2) is 7.42. The van der Waals surface area contributed by atoms with Crippen molar-refractivity contribution in [2.45, 2.75) is 39.2 Å². The molecular formula is C18H25N3O2. The van der Waals surface area contributed by atoms with Crippen LogP contribution in [0.4, 0.5) is 0 Å². The van der Waals surface area contributed by atoms with Crippen molar-refractivity contribution in [3.63, 3.8) is 0 Å². The van der Waals surface area contributed by atoms with E-state index >= 15 is 0 Å². The summed E-state index contributed by atoms with van der Waals surface area (Å²) in [6.45, 7) is 6.72. The zero-order valence-electron chi connectivity index (χ0n) is 14.0. The number of imidazole rings is 1. The Hall–Kier alpha value is -2.14. The van der Waals surface area contributed by atoms with E-state index in [2.05, 4.69) is 23.8 Å². The Morgan fingerprint density at radius 1 is 1.30 bits per heavy atom. The van der Waals surface area contributed by atoms with Gasteiger partial charge in [-0.05, 0) is 17.9 Å². The van der Waals surface area contributed by atoms with Gasteiger partial charge in [0.2, 0.25) is 5.91 Å². The molecule has 0 saturated heterocycles. The Morgan fingerprint density at radius 2 is 2.00 bits per heavy atom. The third-order valence-corrected chi connectivity index (χ3v) is 3.99. The van der Waals surface area contributed by atoms with Gasteiger partial charge in [-0.1, -0.05) is 44.2 Å². The number of hydrogen-bond acceptors (Lipinski definition) is 3. The number of carbonyl (C=O) groups excluding carboxylic acids is 1. The monoisotopic (exact) mass is 315 g/mol. The molecule has 0 unspecified atom stereocenters. The standard InChI is InChI=1S/C18H25N3O2/c1-14-19-12-16(20-14)13-21(9-10-22)17(23)11-18(2,3)15-7-5-4-6-8-15/h4-8,12,22H,9-11,13H2,1-3H3,(H,19,20). The highest BCUT2D eigenvalue weighted by Gasteiger charge is 2.27. The predicted molar refractivity (Wildman–Crippen MR) is 89.9 cm³/mol. The second-order valence-electron chi connectivity index (χ2n) is 6.46. The van der Waals surface area contributed by atoms with E-state index in [0.29, 0.717) is 19.5 Å². The normalized spacial score (nSPS) is 11.5. The second-order valence-corrected chi connectivity index (χ2v) is 6.46. The number of aromatic nitrogens is 2. The fourth-order valence-corrected chi connectivity index (χ4v) is 2.65. The molecule has 2 aromatic rings. The van der Waals surface area contributed by atoms with Gasteiger partial charge >= 0.3 is 0 Å². The van der Waals surface area contributed by atoms with Crippen molar-refractivity contribution >= 4 is 5.91 Å². The summed E-state index contributed by atoms with van der Waals surface area (Å²) in [6, 6.07) is 10.0. The molecule has 0 atom stereocenters. The molecule has 1 heterocycles. The van der Waals surface area contributed by atoms with Gasteiger partial charge in [0, 0.05) is 13.0 Å². The van der Waals surface area contributed by atoms with E-state index < -0.39 is 0 Å². The Morgan fingerprint density at radius 3 is 2.57 bits per heavy atom. The molecule has 0 fully saturated rings. The molecule has 0 saturated carbocycles. The van der Waals surface area contributed by atoms with E-state index in [0.717, 1.165) is 17.1 Å². The number of aliphatic hydroxyl groups is 1. The number of aryl methyl sites for hydroxylation is 1. The van der Waals surface area contributed by atoms with Crippen LogP contribution in [0.5, 0.6) is 0 Å². The smallest absolute Gasteiger partial charge is 0.223 e. The average molecular weight is 315 g/mol. The maximum Gasteiger partial charge on any atom is 0.223 e. The fraction of sp³-hybridized carbons (Fsp3) is 0.444. The van der Waals surface area contributed by atoms with Crippen LogP contribution in [0, 0.1) is 6.92 Å².